The minimum atomic E-state index is 0.333. The molecule has 0 radical (unpaired) electrons. The molecule has 1 atom stereocenters. The Kier molecular flexibility index (Phi) is 3.69. The molecule has 0 unspecified atom stereocenters. The molecule has 0 amide bonds. The Hall–Kier alpha value is -0.180. The van der Waals surface area contributed by atoms with Crippen molar-refractivity contribution in [1.29, 1.82) is 0 Å². The maximum absolute atomic E-state index is 8.21. The van der Waals surface area contributed by atoms with Crippen molar-refractivity contribution in [3.05, 3.63) is 0 Å². The van der Waals surface area contributed by atoms with Gasteiger partial charge in [-0.15, -0.1) is 0 Å². The highest BCUT2D eigenvalue weighted by molar-refractivity contribution is 7.99. The van der Waals surface area contributed by atoms with Crippen LogP contribution in [-0.2, 0) is 0 Å². The molecule has 0 aromatic rings. The molecule has 0 aromatic heterocycles. The molecule has 0 aromatic carbocycles. The Balaban J connectivity index is 3.63. The lowest BCUT2D eigenvalue weighted by atomic mass is 10.3. The van der Waals surface area contributed by atoms with E-state index in [1.54, 1.807) is 18.7 Å². The number of hydrogen-bond acceptors (Lipinski definition) is 3. The fraction of sp³-hybridized carbons (Fsp3) is 0.800. The standard InChI is InChI=1S/C5H11NOS/c1-4(6-7)5(2)8-3/h5,7H,1-3H3/t5-/m1/s1. The average Bonchev–Trinajstić information content (AvgIpc) is 1.84. The monoisotopic (exact) mass is 133 g/mol. The molecule has 2 nitrogen and oxygen atoms in total. The van der Waals surface area contributed by atoms with E-state index in [0.717, 1.165) is 5.71 Å². The molecule has 0 aliphatic carbocycles. The van der Waals surface area contributed by atoms with Gasteiger partial charge in [0.05, 0.1) is 5.71 Å². The third-order valence-electron chi connectivity index (χ3n) is 1.10. The van der Waals surface area contributed by atoms with Crippen molar-refractivity contribution in [2.24, 2.45) is 5.16 Å². The Bertz CT molecular complexity index is 92.4. The Morgan fingerprint density at radius 2 is 2.25 bits per heavy atom. The van der Waals surface area contributed by atoms with Crippen molar-refractivity contribution >= 4 is 17.5 Å². The first-order chi connectivity index (χ1) is 3.72. The van der Waals surface area contributed by atoms with Crippen LogP contribution in [0.4, 0.5) is 0 Å². The lowest BCUT2D eigenvalue weighted by Crippen LogP contribution is -2.07. The maximum Gasteiger partial charge on any atom is 0.0666 e. The highest BCUT2D eigenvalue weighted by Gasteiger charge is 2.01. The summed E-state index contributed by atoms with van der Waals surface area (Å²) >= 11 is 1.67. The molecule has 0 rings (SSSR count). The van der Waals surface area contributed by atoms with Crippen LogP contribution in [0.2, 0.25) is 0 Å². The number of hydrogen-bond donors (Lipinski definition) is 1. The van der Waals surface area contributed by atoms with Gasteiger partial charge < -0.3 is 5.21 Å². The summed E-state index contributed by atoms with van der Waals surface area (Å²) in [6.07, 6.45) is 1.99. The van der Waals surface area contributed by atoms with E-state index in [0.29, 0.717) is 5.25 Å². The van der Waals surface area contributed by atoms with E-state index in [1.807, 2.05) is 13.2 Å². The molecular weight excluding hydrogens is 122 g/mol. The van der Waals surface area contributed by atoms with Crippen LogP contribution in [0.5, 0.6) is 0 Å². The molecule has 0 spiro atoms. The van der Waals surface area contributed by atoms with Crippen LogP contribution in [0, 0.1) is 0 Å². The van der Waals surface area contributed by atoms with Gasteiger partial charge in [0.15, 0.2) is 0 Å². The van der Waals surface area contributed by atoms with Gasteiger partial charge in [0.2, 0.25) is 0 Å². The molecule has 0 aliphatic heterocycles. The van der Waals surface area contributed by atoms with Gasteiger partial charge in [0.1, 0.15) is 0 Å². The molecule has 8 heavy (non-hydrogen) atoms. The van der Waals surface area contributed by atoms with Crippen LogP contribution in [0.3, 0.4) is 0 Å². The number of rotatable bonds is 2. The van der Waals surface area contributed by atoms with Gasteiger partial charge in [-0.1, -0.05) is 5.16 Å². The van der Waals surface area contributed by atoms with Crippen LogP contribution < -0.4 is 0 Å². The van der Waals surface area contributed by atoms with Gasteiger partial charge in [0.25, 0.3) is 0 Å². The molecular formula is C5H11NOS. The predicted octanol–water partition coefficient (Wildman–Crippen LogP) is 1.59. The molecule has 1 N–H and O–H groups in total. The molecule has 0 saturated heterocycles. The molecule has 0 saturated carbocycles. The second-order valence-electron chi connectivity index (χ2n) is 1.62. The fourth-order valence-corrected chi connectivity index (χ4v) is 0.640. The van der Waals surface area contributed by atoms with E-state index in [4.69, 9.17) is 5.21 Å². The number of thioether (sulfide) groups is 1. The van der Waals surface area contributed by atoms with E-state index in [1.165, 1.54) is 0 Å². The summed E-state index contributed by atoms with van der Waals surface area (Å²) in [5.74, 6) is 0. The number of nitrogens with zero attached hydrogens (tertiary/aromatic N) is 1. The van der Waals surface area contributed by atoms with Crippen LogP contribution in [0.25, 0.3) is 0 Å². The summed E-state index contributed by atoms with van der Waals surface area (Å²) in [6, 6.07) is 0. The number of oxime groups is 1. The molecule has 0 bridgehead atoms. The maximum atomic E-state index is 8.21. The summed E-state index contributed by atoms with van der Waals surface area (Å²) in [4.78, 5) is 0. The molecule has 48 valence electrons. The first-order valence-corrected chi connectivity index (χ1v) is 3.72. The Morgan fingerprint density at radius 1 is 1.75 bits per heavy atom. The second kappa shape index (κ2) is 3.78. The predicted molar refractivity (Wildman–Crippen MR) is 37.9 cm³/mol. The van der Waals surface area contributed by atoms with E-state index in [-0.39, 0.29) is 0 Å². The smallest absolute Gasteiger partial charge is 0.0666 e. The molecule has 0 fully saturated rings. The van der Waals surface area contributed by atoms with Crippen molar-refractivity contribution in [2.75, 3.05) is 6.26 Å². The quantitative estimate of drug-likeness (QED) is 0.352. The van der Waals surface area contributed by atoms with Crippen molar-refractivity contribution in [3.8, 4) is 0 Å². The summed E-state index contributed by atoms with van der Waals surface area (Å²) in [5, 5.41) is 11.6. The normalized spacial score (nSPS) is 16.1. The average molecular weight is 133 g/mol. The van der Waals surface area contributed by atoms with Crippen LogP contribution in [-0.4, -0.2) is 22.4 Å². The zero-order chi connectivity index (χ0) is 6.57. The van der Waals surface area contributed by atoms with Crippen LogP contribution in [0.15, 0.2) is 5.16 Å². The first-order valence-electron chi connectivity index (χ1n) is 2.43. The van der Waals surface area contributed by atoms with E-state index < -0.39 is 0 Å². The summed E-state index contributed by atoms with van der Waals surface area (Å²) in [5.41, 5.74) is 0.775. The summed E-state index contributed by atoms with van der Waals surface area (Å²) in [6.45, 7) is 3.81. The summed E-state index contributed by atoms with van der Waals surface area (Å²) < 4.78 is 0. The van der Waals surface area contributed by atoms with Gasteiger partial charge in [-0.25, -0.2) is 0 Å². The Labute approximate surface area is 54.0 Å². The highest BCUT2D eigenvalue weighted by atomic mass is 32.2. The van der Waals surface area contributed by atoms with Gasteiger partial charge in [-0.05, 0) is 20.1 Å². The molecule has 0 aliphatic rings. The van der Waals surface area contributed by atoms with Crippen molar-refractivity contribution < 1.29 is 5.21 Å². The molecule has 0 heterocycles. The van der Waals surface area contributed by atoms with Gasteiger partial charge >= 0.3 is 0 Å². The topological polar surface area (TPSA) is 32.6 Å². The highest BCUT2D eigenvalue weighted by Crippen LogP contribution is 2.05. The first kappa shape index (κ1) is 7.82. The van der Waals surface area contributed by atoms with E-state index in [2.05, 4.69) is 5.16 Å². The van der Waals surface area contributed by atoms with Crippen molar-refractivity contribution in [2.45, 2.75) is 19.1 Å². The lowest BCUT2D eigenvalue weighted by molar-refractivity contribution is 0.318. The lowest BCUT2D eigenvalue weighted by Gasteiger charge is -2.02. The fourth-order valence-electron chi connectivity index (χ4n) is 0.252. The van der Waals surface area contributed by atoms with Gasteiger partial charge in [0, 0.05) is 5.25 Å². The van der Waals surface area contributed by atoms with Gasteiger partial charge in [-0.3, -0.25) is 0 Å². The zero-order valence-electron chi connectivity index (χ0n) is 5.38. The zero-order valence-corrected chi connectivity index (χ0v) is 6.20. The third-order valence-corrected chi connectivity index (χ3v) is 2.15. The SMILES string of the molecule is CS[C@H](C)C(C)=NO. The Morgan fingerprint density at radius 3 is 2.38 bits per heavy atom. The van der Waals surface area contributed by atoms with E-state index >= 15 is 0 Å². The van der Waals surface area contributed by atoms with Gasteiger partial charge in [-0.2, -0.15) is 11.8 Å². The summed E-state index contributed by atoms with van der Waals surface area (Å²) in [7, 11) is 0. The largest absolute Gasteiger partial charge is 0.411 e. The third kappa shape index (κ3) is 2.21. The van der Waals surface area contributed by atoms with E-state index in [9.17, 15) is 0 Å². The minimum Gasteiger partial charge on any atom is -0.411 e. The second-order valence-corrected chi connectivity index (χ2v) is 2.80. The molecule has 3 heteroatoms. The van der Waals surface area contributed by atoms with Crippen molar-refractivity contribution in [3.63, 3.8) is 0 Å². The van der Waals surface area contributed by atoms with Crippen LogP contribution >= 0.6 is 11.8 Å². The van der Waals surface area contributed by atoms with Crippen molar-refractivity contribution in [1.82, 2.24) is 0 Å². The minimum absolute atomic E-state index is 0.333. The van der Waals surface area contributed by atoms with Crippen LogP contribution in [0.1, 0.15) is 13.8 Å².